The zero-order valence-electron chi connectivity index (χ0n) is 16.0. The van der Waals surface area contributed by atoms with Crippen LogP contribution in [-0.2, 0) is 11.2 Å². The smallest absolute Gasteiger partial charge is 0.224 e. The van der Waals surface area contributed by atoms with E-state index in [1.807, 2.05) is 60.7 Å². The Hall–Kier alpha value is -2.37. The van der Waals surface area contributed by atoms with Crippen LogP contribution >= 0.6 is 0 Å². The minimum Gasteiger partial charge on any atom is -0.488 e. The van der Waals surface area contributed by atoms with E-state index in [4.69, 9.17) is 4.74 Å². The number of amides is 1. The number of carbonyl (C=O) groups is 1. The van der Waals surface area contributed by atoms with E-state index in [9.17, 15) is 9.90 Å². The Morgan fingerprint density at radius 1 is 1.04 bits per heavy atom. The highest BCUT2D eigenvalue weighted by atomic mass is 16.5. The van der Waals surface area contributed by atoms with Gasteiger partial charge in [-0.2, -0.15) is 0 Å². The second-order valence-corrected chi connectivity index (χ2v) is 7.77. The average Bonchev–Trinajstić information content (AvgIpc) is 3.32. The molecule has 28 heavy (non-hydrogen) atoms. The number of hydrogen-bond donors (Lipinski definition) is 2. The molecule has 2 N–H and O–H groups in total. The summed E-state index contributed by atoms with van der Waals surface area (Å²) in [6.07, 6.45) is 2.29. The van der Waals surface area contributed by atoms with Gasteiger partial charge in [-0.3, -0.25) is 9.69 Å². The van der Waals surface area contributed by atoms with Crippen molar-refractivity contribution in [1.29, 1.82) is 0 Å². The van der Waals surface area contributed by atoms with Crippen molar-refractivity contribution in [3.05, 3.63) is 66.2 Å². The summed E-state index contributed by atoms with van der Waals surface area (Å²) in [7, 11) is 0. The number of nitrogens with one attached hydrogen (secondary N) is 1. The van der Waals surface area contributed by atoms with E-state index in [1.54, 1.807) is 0 Å². The Morgan fingerprint density at radius 2 is 1.68 bits per heavy atom. The summed E-state index contributed by atoms with van der Waals surface area (Å²) in [6.45, 7) is 1.93. The van der Waals surface area contributed by atoms with Gasteiger partial charge in [-0.25, -0.2) is 0 Å². The van der Waals surface area contributed by atoms with Gasteiger partial charge in [0.15, 0.2) is 0 Å². The molecule has 2 fully saturated rings. The van der Waals surface area contributed by atoms with Crippen LogP contribution < -0.4 is 10.1 Å². The van der Waals surface area contributed by atoms with Crippen molar-refractivity contribution in [1.82, 2.24) is 10.2 Å². The molecule has 1 saturated heterocycles. The van der Waals surface area contributed by atoms with Crippen LogP contribution in [-0.4, -0.2) is 53.3 Å². The lowest BCUT2D eigenvalue weighted by Crippen LogP contribution is -2.52. The third kappa shape index (κ3) is 4.37. The third-order valence-corrected chi connectivity index (χ3v) is 5.78. The molecule has 1 saturated carbocycles. The van der Waals surface area contributed by atoms with Crippen molar-refractivity contribution < 1.29 is 14.6 Å². The fourth-order valence-electron chi connectivity index (χ4n) is 4.47. The molecule has 0 spiro atoms. The summed E-state index contributed by atoms with van der Waals surface area (Å²) < 4.78 is 6.08. The highest BCUT2D eigenvalue weighted by molar-refractivity contribution is 5.79. The lowest BCUT2D eigenvalue weighted by atomic mass is 10.1. The molecule has 148 valence electrons. The molecule has 1 aliphatic carbocycles. The normalized spacial score (nSPS) is 27.6. The lowest BCUT2D eigenvalue weighted by Gasteiger charge is -2.32. The molecule has 2 aromatic carbocycles. The first-order chi connectivity index (χ1) is 13.7. The molecule has 5 heteroatoms. The first-order valence-corrected chi connectivity index (χ1v) is 10.2. The van der Waals surface area contributed by atoms with Gasteiger partial charge in [0.1, 0.15) is 18.0 Å². The summed E-state index contributed by atoms with van der Waals surface area (Å²) in [5, 5.41) is 14.2. The Bertz CT molecular complexity index is 762. The highest BCUT2D eigenvalue weighted by Gasteiger charge is 2.47. The zero-order chi connectivity index (χ0) is 19.3. The van der Waals surface area contributed by atoms with Crippen LogP contribution in [0.5, 0.6) is 5.75 Å². The Morgan fingerprint density at radius 3 is 2.36 bits per heavy atom. The fraction of sp³-hybridized carbons (Fsp3) is 0.435. The number of nitrogens with zero attached hydrogens (tertiary/aromatic N) is 1. The maximum absolute atomic E-state index is 12.6. The Balaban J connectivity index is 1.45. The van der Waals surface area contributed by atoms with Crippen LogP contribution in [0.1, 0.15) is 24.8 Å². The minimum absolute atomic E-state index is 0.00652. The summed E-state index contributed by atoms with van der Waals surface area (Å²) >= 11 is 0. The lowest BCUT2D eigenvalue weighted by molar-refractivity contribution is -0.121. The number of hydrogen-bond acceptors (Lipinski definition) is 4. The maximum atomic E-state index is 12.6. The van der Waals surface area contributed by atoms with E-state index in [0.29, 0.717) is 12.8 Å². The molecule has 1 heterocycles. The van der Waals surface area contributed by atoms with Gasteiger partial charge in [-0.15, -0.1) is 0 Å². The summed E-state index contributed by atoms with van der Waals surface area (Å²) in [5.74, 6) is 0.746. The molecule has 4 atom stereocenters. The summed E-state index contributed by atoms with van der Waals surface area (Å²) in [6, 6.07) is 19.1. The molecule has 2 aliphatic rings. The second kappa shape index (κ2) is 8.76. The van der Waals surface area contributed by atoms with Crippen LogP contribution in [0.15, 0.2) is 60.7 Å². The molecule has 4 rings (SSSR count). The van der Waals surface area contributed by atoms with Crippen LogP contribution in [0.3, 0.4) is 0 Å². The molecule has 0 bridgehead atoms. The number of para-hydroxylation sites is 1. The number of ether oxygens (including phenoxy) is 1. The topological polar surface area (TPSA) is 61.8 Å². The number of aliphatic hydroxyl groups excluding tert-OH is 1. The van der Waals surface area contributed by atoms with Crippen molar-refractivity contribution >= 4 is 5.91 Å². The molecular formula is C23H28N2O3. The third-order valence-electron chi connectivity index (χ3n) is 5.78. The number of likely N-dealkylation sites (tertiary alicyclic amines) is 1. The van der Waals surface area contributed by atoms with Crippen molar-refractivity contribution in [2.75, 3.05) is 13.1 Å². The van der Waals surface area contributed by atoms with Crippen LogP contribution in [0.4, 0.5) is 0 Å². The molecule has 2 aromatic rings. The van der Waals surface area contributed by atoms with E-state index < -0.39 is 6.10 Å². The predicted molar refractivity (Wildman–Crippen MR) is 108 cm³/mol. The quantitative estimate of drug-likeness (QED) is 0.808. The SMILES string of the molecule is O=C(Cc1ccccc1)N[C@@H]1C[C@@H](Oc2ccccc2)[C@H](O)[C@H]1N1CCCC1. The van der Waals surface area contributed by atoms with E-state index in [-0.39, 0.29) is 24.1 Å². The molecule has 1 amide bonds. The van der Waals surface area contributed by atoms with Crippen LogP contribution in [0.25, 0.3) is 0 Å². The monoisotopic (exact) mass is 380 g/mol. The maximum Gasteiger partial charge on any atom is 0.224 e. The van der Waals surface area contributed by atoms with E-state index in [2.05, 4.69) is 10.2 Å². The van der Waals surface area contributed by atoms with Crippen molar-refractivity contribution in [3.63, 3.8) is 0 Å². The molecule has 0 unspecified atom stereocenters. The van der Waals surface area contributed by atoms with Crippen LogP contribution in [0, 0.1) is 0 Å². The van der Waals surface area contributed by atoms with E-state index >= 15 is 0 Å². The first-order valence-electron chi connectivity index (χ1n) is 10.2. The summed E-state index contributed by atoms with van der Waals surface area (Å²) in [4.78, 5) is 15.0. The van der Waals surface area contributed by atoms with Gasteiger partial charge in [0.2, 0.25) is 5.91 Å². The number of aliphatic hydroxyl groups is 1. The minimum atomic E-state index is -0.625. The number of benzene rings is 2. The molecule has 5 nitrogen and oxygen atoms in total. The number of rotatable bonds is 6. The average molecular weight is 380 g/mol. The molecule has 0 radical (unpaired) electrons. The first kappa shape index (κ1) is 19.0. The molecular weight excluding hydrogens is 352 g/mol. The fourth-order valence-corrected chi connectivity index (χ4v) is 4.47. The standard InChI is InChI=1S/C23H28N2O3/c26-21(15-17-9-3-1-4-10-17)24-19-16-20(28-18-11-5-2-6-12-18)23(27)22(19)25-13-7-8-14-25/h1-6,9-12,19-20,22-23,27H,7-8,13-16H2,(H,24,26)/t19-,20-,22+,23+/m1/s1. The summed E-state index contributed by atoms with van der Waals surface area (Å²) in [5.41, 5.74) is 0.994. The largest absolute Gasteiger partial charge is 0.488 e. The van der Waals surface area contributed by atoms with Gasteiger partial charge in [-0.1, -0.05) is 48.5 Å². The van der Waals surface area contributed by atoms with Gasteiger partial charge in [0.25, 0.3) is 0 Å². The highest BCUT2D eigenvalue weighted by Crippen LogP contribution is 2.31. The van der Waals surface area contributed by atoms with Gasteiger partial charge >= 0.3 is 0 Å². The van der Waals surface area contributed by atoms with Gasteiger partial charge in [0.05, 0.1) is 18.5 Å². The Labute approximate surface area is 166 Å². The van der Waals surface area contributed by atoms with Crippen LogP contribution in [0.2, 0.25) is 0 Å². The second-order valence-electron chi connectivity index (χ2n) is 7.77. The predicted octanol–water partition coefficient (Wildman–Crippen LogP) is 2.39. The molecule has 1 aliphatic heterocycles. The van der Waals surface area contributed by atoms with Gasteiger partial charge in [0, 0.05) is 6.42 Å². The number of carbonyl (C=O) groups excluding carboxylic acids is 1. The van der Waals surface area contributed by atoms with E-state index in [1.165, 1.54) is 0 Å². The molecule has 0 aromatic heterocycles. The Kier molecular flexibility index (Phi) is 5.93. The van der Waals surface area contributed by atoms with Gasteiger partial charge < -0.3 is 15.2 Å². The van der Waals surface area contributed by atoms with Crippen molar-refractivity contribution in [3.8, 4) is 5.75 Å². The van der Waals surface area contributed by atoms with Gasteiger partial charge in [-0.05, 0) is 43.6 Å². The van der Waals surface area contributed by atoms with E-state index in [0.717, 1.165) is 37.2 Å². The van der Waals surface area contributed by atoms with Crippen molar-refractivity contribution in [2.45, 2.75) is 50.0 Å². The zero-order valence-corrected chi connectivity index (χ0v) is 16.0. The van der Waals surface area contributed by atoms with Crippen molar-refractivity contribution in [2.24, 2.45) is 0 Å².